The predicted octanol–water partition coefficient (Wildman–Crippen LogP) is -4.71. The lowest BCUT2D eigenvalue weighted by Gasteiger charge is -2.18. The van der Waals surface area contributed by atoms with Crippen LogP contribution < -0.4 is 32.7 Å². The van der Waals surface area contributed by atoms with Crippen molar-refractivity contribution in [2.45, 2.75) is 24.9 Å². The van der Waals surface area contributed by atoms with Gasteiger partial charge in [0.2, 0.25) is 24.0 Å². The normalized spacial score (nSPS) is 12.9. The number of carbonyl (C=O) groups excluding carboxylic acids is 4. The molecule has 0 aliphatic rings. The van der Waals surface area contributed by atoms with Crippen LogP contribution in [0.2, 0.25) is 0 Å². The van der Waals surface area contributed by atoms with Crippen molar-refractivity contribution in [3.8, 4) is 0 Å². The van der Waals surface area contributed by atoms with Crippen molar-refractivity contribution in [2.75, 3.05) is 25.4 Å². The maximum atomic E-state index is 12.2. The van der Waals surface area contributed by atoms with E-state index in [2.05, 4.69) is 16.0 Å². The highest BCUT2D eigenvalue weighted by Crippen LogP contribution is 1.97. The van der Waals surface area contributed by atoms with Gasteiger partial charge in [-0.3, -0.25) is 29.1 Å². The molecule has 2 atom stereocenters. The molecule has 0 aliphatic heterocycles. The molecule has 0 saturated carbocycles. The summed E-state index contributed by atoms with van der Waals surface area (Å²) in [5, 5.41) is 16.1. The van der Waals surface area contributed by atoms with Crippen LogP contribution in [0.5, 0.6) is 0 Å². The smallest absolute Gasteiger partial charge is 0.267 e. The van der Waals surface area contributed by atoms with E-state index in [4.69, 9.17) is 21.4 Å². The molecular formula is C13H24N7O7S. The van der Waals surface area contributed by atoms with E-state index >= 15 is 0 Å². The van der Waals surface area contributed by atoms with E-state index in [0.29, 0.717) is 6.42 Å². The van der Waals surface area contributed by atoms with Crippen LogP contribution in [0.4, 0.5) is 0 Å². The van der Waals surface area contributed by atoms with Gasteiger partial charge in [-0.15, -0.1) is 0 Å². The Bertz CT molecular complexity index is 683. The Labute approximate surface area is 161 Å². The molecule has 15 heteroatoms. The molecule has 1 radical (unpaired) electrons. The fourth-order valence-corrected chi connectivity index (χ4v) is 2.48. The van der Waals surface area contributed by atoms with Gasteiger partial charge in [0.25, 0.3) is 10.1 Å². The lowest BCUT2D eigenvalue weighted by Crippen LogP contribution is -2.51. The summed E-state index contributed by atoms with van der Waals surface area (Å²) in [6.45, 7) is -0.712. The van der Waals surface area contributed by atoms with E-state index in [1.165, 1.54) is 6.29 Å². The molecule has 0 aromatic heterocycles. The second-order valence-corrected chi connectivity index (χ2v) is 7.01. The van der Waals surface area contributed by atoms with Crippen LogP contribution in [0.25, 0.3) is 0 Å². The highest BCUT2D eigenvalue weighted by molar-refractivity contribution is 7.85. The standard InChI is InChI=1S/C13H24N7O7S/c14-4-10(22)20-9(2-1-3-17-13(15)16)12(24)18-5-11(23)19-8(6-21)7-28(25,26)27/h8-9H,1-5,7,14H2,(H,18,24)(H,19,23)(H,20,22)(H4,15,16,17)(H,25,26,27)/t8-,9+/m1/s1. The Morgan fingerprint density at radius 3 is 2.29 bits per heavy atom. The maximum Gasteiger partial charge on any atom is 0.267 e. The Morgan fingerprint density at radius 1 is 1.14 bits per heavy atom. The average molecular weight is 422 g/mol. The first-order valence-corrected chi connectivity index (χ1v) is 9.56. The molecule has 0 unspecified atom stereocenters. The lowest BCUT2D eigenvalue weighted by molar-refractivity contribution is -0.130. The van der Waals surface area contributed by atoms with Gasteiger partial charge in [0.05, 0.1) is 13.1 Å². The molecule has 0 aromatic rings. The van der Waals surface area contributed by atoms with Gasteiger partial charge < -0.3 is 32.7 Å². The highest BCUT2D eigenvalue weighted by atomic mass is 32.2. The number of nitrogens with one attached hydrogen (secondary N) is 5. The molecule has 159 valence electrons. The zero-order valence-corrected chi connectivity index (χ0v) is 15.7. The Balaban J connectivity index is 4.64. The monoisotopic (exact) mass is 422 g/mol. The Hall–Kier alpha value is -2.78. The van der Waals surface area contributed by atoms with E-state index in [0.717, 1.165) is 0 Å². The summed E-state index contributed by atoms with van der Waals surface area (Å²) in [4.78, 5) is 45.9. The molecule has 0 saturated heterocycles. The molecule has 0 fully saturated rings. The van der Waals surface area contributed by atoms with Crippen LogP contribution in [0.3, 0.4) is 0 Å². The first-order chi connectivity index (χ1) is 13.0. The third-order valence-corrected chi connectivity index (χ3v) is 3.85. The number of hydrogen-bond acceptors (Lipinski definition) is 8. The van der Waals surface area contributed by atoms with Crippen LogP contribution >= 0.6 is 0 Å². The minimum absolute atomic E-state index is 0.146. The third-order valence-electron chi connectivity index (χ3n) is 3.10. The Morgan fingerprint density at radius 2 is 1.79 bits per heavy atom. The van der Waals surface area contributed by atoms with Gasteiger partial charge in [-0.1, -0.05) is 0 Å². The van der Waals surface area contributed by atoms with E-state index in [-0.39, 0.29) is 25.5 Å². The number of amides is 3. The van der Waals surface area contributed by atoms with Gasteiger partial charge in [0.1, 0.15) is 17.8 Å². The fraction of sp³-hybridized carbons (Fsp3) is 0.615. The molecule has 0 aromatic carbocycles. The van der Waals surface area contributed by atoms with Gasteiger partial charge in [-0.25, -0.2) is 0 Å². The molecule has 0 spiro atoms. The molecule has 0 aliphatic carbocycles. The van der Waals surface area contributed by atoms with E-state index < -0.39 is 52.2 Å². The molecule has 3 amide bonds. The van der Waals surface area contributed by atoms with Crippen molar-refractivity contribution in [3.63, 3.8) is 0 Å². The SMILES string of the molecule is N=C(N)NCCC[C@H](NC(=O)CN)C(=O)NCC(=O)N[C@H]([C]=O)CS(=O)(=O)O. The predicted molar refractivity (Wildman–Crippen MR) is 97.2 cm³/mol. The van der Waals surface area contributed by atoms with Crippen molar-refractivity contribution in [1.82, 2.24) is 21.3 Å². The van der Waals surface area contributed by atoms with E-state index in [9.17, 15) is 27.6 Å². The van der Waals surface area contributed by atoms with Crippen molar-refractivity contribution in [1.29, 1.82) is 5.41 Å². The van der Waals surface area contributed by atoms with Gasteiger partial charge in [0, 0.05) is 6.54 Å². The van der Waals surface area contributed by atoms with Crippen LogP contribution in [0.15, 0.2) is 0 Å². The van der Waals surface area contributed by atoms with Crippen molar-refractivity contribution >= 4 is 40.1 Å². The molecule has 0 rings (SSSR count). The van der Waals surface area contributed by atoms with Crippen molar-refractivity contribution < 1.29 is 32.1 Å². The zero-order chi connectivity index (χ0) is 21.7. The minimum Gasteiger partial charge on any atom is -0.370 e. The maximum absolute atomic E-state index is 12.2. The lowest BCUT2D eigenvalue weighted by atomic mass is 10.1. The zero-order valence-electron chi connectivity index (χ0n) is 14.9. The Kier molecular flexibility index (Phi) is 11.3. The van der Waals surface area contributed by atoms with Gasteiger partial charge in [-0.2, -0.15) is 8.42 Å². The fourth-order valence-electron chi connectivity index (χ4n) is 1.90. The summed E-state index contributed by atoms with van der Waals surface area (Å²) >= 11 is 0. The van der Waals surface area contributed by atoms with E-state index in [1.807, 2.05) is 5.32 Å². The highest BCUT2D eigenvalue weighted by Gasteiger charge is 2.22. The third kappa shape index (κ3) is 12.6. The minimum atomic E-state index is -4.52. The summed E-state index contributed by atoms with van der Waals surface area (Å²) in [6.07, 6.45) is 1.74. The molecule has 10 N–H and O–H groups in total. The number of rotatable bonds is 13. The molecule has 0 bridgehead atoms. The molecule has 28 heavy (non-hydrogen) atoms. The number of carbonyl (C=O) groups is 3. The largest absolute Gasteiger partial charge is 0.370 e. The molecule has 14 nitrogen and oxygen atoms in total. The van der Waals surface area contributed by atoms with Gasteiger partial charge in [-0.05, 0) is 12.8 Å². The van der Waals surface area contributed by atoms with E-state index in [1.54, 1.807) is 0 Å². The van der Waals surface area contributed by atoms with Crippen LogP contribution in [-0.4, -0.2) is 80.4 Å². The van der Waals surface area contributed by atoms with Gasteiger partial charge >= 0.3 is 0 Å². The van der Waals surface area contributed by atoms with Crippen molar-refractivity contribution in [2.24, 2.45) is 11.5 Å². The summed E-state index contributed by atoms with van der Waals surface area (Å²) in [6, 6.07) is -2.63. The molecular weight excluding hydrogens is 398 g/mol. The summed E-state index contributed by atoms with van der Waals surface area (Å²) < 4.78 is 30.1. The van der Waals surface area contributed by atoms with Crippen molar-refractivity contribution in [3.05, 3.63) is 0 Å². The summed E-state index contributed by atoms with van der Waals surface area (Å²) in [5.74, 6) is -3.55. The van der Waals surface area contributed by atoms with Crippen LogP contribution in [0.1, 0.15) is 12.8 Å². The molecule has 0 heterocycles. The second-order valence-electron chi connectivity index (χ2n) is 5.51. The summed E-state index contributed by atoms with van der Waals surface area (Å²) in [7, 11) is -4.52. The second kappa shape index (κ2) is 12.6. The number of hydrogen-bond donors (Lipinski definition) is 8. The first-order valence-electron chi connectivity index (χ1n) is 7.95. The number of guanidine groups is 1. The van der Waals surface area contributed by atoms with Gasteiger partial charge in [0.15, 0.2) is 5.96 Å². The number of nitrogens with two attached hydrogens (primary N) is 2. The average Bonchev–Trinajstić information content (AvgIpc) is 2.59. The van der Waals surface area contributed by atoms with Crippen LogP contribution in [0, 0.1) is 5.41 Å². The topological polar surface area (TPSA) is 247 Å². The van der Waals surface area contributed by atoms with Crippen LogP contribution in [-0.2, 0) is 29.3 Å². The first kappa shape index (κ1) is 25.2. The quantitative estimate of drug-likeness (QED) is 0.0609. The summed E-state index contributed by atoms with van der Waals surface area (Å²) in [5.41, 5.74) is 10.3.